The van der Waals surface area contributed by atoms with E-state index in [1.165, 1.54) is 16.9 Å². The predicted octanol–water partition coefficient (Wildman–Crippen LogP) is 4.60. The highest BCUT2D eigenvalue weighted by molar-refractivity contribution is 7.16. The van der Waals surface area contributed by atoms with Gasteiger partial charge in [-0.1, -0.05) is 37.6 Å². The molecular formula is C15H18ClNOS. The van der Waals surface area contributed by atoms with Crippen molar-refractivity contribution >= 4 is 22.9 Å². The summed E-state index contributed by atoms with van der Waals surface area (Å²) in [4.78, 5) is 1.06. The molecule has 2 N–H and O–H groups in total. The lowest BCUT2D eigenvalue weighted by Crippen LogP contribution is -2.17. The van der Waals surface area contributed by atoms with Gasteiger partial charge in [0.2, 0.25) is 0 Å². The Hall–Kier alpha value is -1.03. The van der Waals surface area contributed by atoms with Crippen LogP contribution in [-0.4, -0.2) is 6.54 Å². The third-order valence-electron chi connectivity index (χ3n) is 2.93. The second-order valence-corrected chi connectivity index (χ2v) is 6.46. The molecular weight excluding hydrogens is 278 g/mol. The van der Waals surface area contributed by atoms with E-state index in [0.29, 0.717) is 12.5 Å². The Morgan fingerprint density at radius 2 is 2.05 bits per heavy atom. The third-order valence-corrected chi connectivity index (χ3v) is 4.25. The first-order valence-corrected chi connectivity index (χ1v) is 7.51. The van der Waals surface area contributed by atoms with E-state index in [0.717, 1.165) is 15.0 Å². The highest BCUT2D eigenvalue weighted by atomic mass is 35.5. The minimum absolute atomic E-state index is 0.139. The summed E-state index contributed by atoms with van der Waals surface area (Å²) in [7, 11) is 0. The number of rotatable bonds is 5. The van der Waals surface area contributed by atoms with Gasteiger partial charge in [-0.3, -0.25) is 0 Å². The molecule has 1 heterocycles. The van der Waals surface area contributed by atoms with E-state index in [9.17, 15) is 0 Å². The van der Waals surface area contributed by atoms with Gasteiger partial charge in [0.25, 0.3) is 0 Å². The van der Waals surface area contributed by atoms with Gasteiger partial charge < -0.3 is 10.5 Å². The SMILES string of the molecule is CC(C)c1cccc(OC(CN)c2ccc(Cl)s2)c1. The minimum atomic E-state index is -0.139. The van der Waals surface area contributed by atoms with Crippen LogP contribution in [0, 0.1) is 0 Å². The molecule has 0 aliphatic rings. The van der Waals surface area contributed by atoms with E-state index < -0.39 is 0 Å². The maximum atomic E-state index is 5.98. The van der Waals surface area contributed by atoms with Crippen molar-refractivity contribution in [2.24, 2.45) is 5.73 Å². The Morgan fingerprint density at radius 3 is 2.63 bits per heavy atom. The molecule has 0 radical (unpaired) electrons. The first-order chi connectivity index (χ1) is 9.10. The summed E-state index contributed by atoms with van der Waals surface area (Å²) in [5.74, 6) is 1.34. The summed E-state index contributed by atoms with van der Waals surface area (Å²) in [6.07, 6.45) is -0.139. The summed E-state index contributed by atoms with van der Waals surface area (Å²) in [5.41, 5.74) is 7.06. The summed E-state index contributed by atoms with van der Waals surface area (Å²) in [6, 6.07) is 12.0. The first kappa shape index (κ1) is 14.4. The molecule has 19 heavy (non-hydrogen) atoms. The maximum absolute atomic E-state index is 5.98. The Labute approximate surface area is 123 Å². The monoisotopic (exact) mass is 295 g/mol. The molecule has 2 aromatic rings. The average molecular weight is 296 g/mol. The lowest BCUT2D eigenvalue weighted by Gasteiger charge is -2.17. The van der Waals surface area contributed by atoms with Gasteiger partial charge in [0.05, 0.1) is 4.34 Å². The molecule has 0 bridgehead atoms. The van der Waals surface area contributed by atoms with E-state index in [1.54, 1.807) is 0 Å². The van der Waals surface area contributed by atoms with Gasteiger partial charge in [0.15, 0.2) is 0 Å². The molecule has 0 aliphatic carbocycles. The molecule has 2 rings (SSSR count). The second-order valence-electron chi connectivity index (χ2n) is 4.71. The molecule has 0 amide bonds. The lowest BCUT2D eigenvalue weighted by atomic mass is 10.0. The second kappa shape index (κ2) is 6.42. The van der Waals surface area contributed by atoms with Crippen molar-refractivity contribution in [3.63, 3.8) is 0 Å². The van der Waals surface area contributed by atoms with Gasteiger partial charge in [0, 0.05) is 11.4 Å². The third kappa shape index (κ3) is 3.72. The Morgan fingerprint density at radius 1 is 1.26 bits per heavy atom. The van der Waals surface area contributed by atoms with Crippen molar-refractivity contribution in [2.45, 2.75) is 25.9 Å². The van der Waals surface area contributed by atoms with Crippen LogP contribution in [0.15, 0.2) is 36.4 Å². The number of hydrogen-bond acceptors (Lipinski definition) is 3. The summed E-state index contributed by atoms with van der Waals surface area (Å²) < 4.78 is 6.74. The molecule has 0 aliphatic heterocycles. The lowest BCUT2D eigenvalue weighted by molar-refractivity contribution is 0.218. The van der Waals surface area contributed by atoms with Crippen LogP contribution in [0.25, 0.3) is 0 Å². The smallest absolute Gasteiger partial charge is 0.145 e. The van der Waals surface area contributed by atoms with Crippen LogP contribution in [-0.2, 0) is 0 Å². The summed E-state index contributed by atoms with van der Waals surface area (Å²) in [5, 5.41) is 0. The quantitative estimate of drug-likeness (QED) is 0.874. The zero-order chi connectivity index (χ0) is 13.8. The van der Waals surface area contributed by atoms with Crippen LogP contribution >= 0.6 is 22.9 Å². The number of benzene rings is 1. The van der Waals surface area contributed by atoms with Gasteiger partial charge in [-0.2, -0.15) is 0 Å². The molecule has 1 atom stereocenters. The van der Waals surface area contributed by atoms with Crippen LogP contribution < -0.4 is 10.5 Å². The van der Waals surface area contributed by atoms with Crippen molar-refractivity contribution in [1.29, 1.82) is 0 Å². The standard InChI is InChI=1S/C15H18ClNOS/c1-10(2)11-4-3-5-12(8-11)18-13(9-17)14-6-7-15(16)19-14/h3-8,10,13H,9,17H2,1-2H3. The highest BCUT2D eigenvalue weighted by Gasteiger charge is 2.14. The van der Waals surface area contributed by atoms with Crippen LogP contribution in [0.5, 0.6) is 5.75 Å². The van der Waals surface area contributed by atoms with Crippen molar-refractivity contribution in [2.75, 3.05) is 6.54 Å². The Bertz CT molecular complexity index is 538. The van der Waals surface area contributed by atoms with Gasteiger partial charge in [-0.05, 0) is 35.7 Å². The number of thiophene rings is 1. The fourth-order valence-corrected chi connectivity index (χ4v) is 2.94. The average Bonchev–Trinajstić information content (AvgIpc) is 2.83. The Kier molecular flexibility index (Phi) is 4.86. The maximum Gasteiger partial charge on any atom is 0.145 e. The number of halogens is 1. The molecule has 0 spiro atoms. The first-order valence-electron chi connectivity index (χ1n) is 6.32. The topological polar surface area (TPSA) is 35.2 Å². The fourth-order valence-electron chi connectivity index (χ4n) is 1.83. The number of nitrogens with two attached hydrogens (primary N) is 1. The van der Waals surface area contributed by atoms with Crippen LogP contribution in [0.3, 0.4) is 0 Å². The zero-order valence-corrected chi connectivity index (χ0v) is 12.7. The van der Waals surface area contributed by atoms with Crippen LogP contribution in [0.2, 0.25) is 4.34 Å². The minimum Gasteiger partial charge on any atom is -0.484 e. The van der Waals surface area contributed by atoms with Gasteiger partial charge >= 0.3 is 0 Å². The molecule has 1 aromatic heterocycles. The van der Waals surface area contributed by atoms with Gasteiger partial charge in [-0.15, -0.1) is 11.3 Å². The normalized spacial score (nSPS) is 12.7. The molecule has 0 fully saturated rings. The molecule has 1 aromatic carbocycles. The van der Waals surface area contributed by atoms with Crippen LogP contribution in [0.4, 0.5) is 0 Å². The molecule has 0 saturated carbocycles. The highest BCUT2D eigenvalue weighted by Crippen LogP contribution is 2.30. The summed E-state index contributed by atoms with van der Waals surface area (Å²) in [6.45, 7) is 4.76. The van der Waals surface area contributed by atoms with Crippen molar-refractivity contribution in [3.05, 3.63) is 51.2 Å². The van der Waals surface area contributed by atoms with E-state index in [2.05, 4.69) is 26.0 Å². The van der Waals surface area contributed by atoms with Crippen molar-refractivity contribution in [1.82, 2.24) is 0 Å². The predicted molar refractivity (Wildman–Crippen MR) is 82.3 cm³/mol. The van der Waals surface area contributed by atoms with E-state index in [4.69, 9.17) is 22.1 Å². The number of ether oxygens (including phenoxy) is 1. The van der Waals surface area contributed by atoms with E-state index in [1.807, 2.05) is 24.3 Å². The molecule has 1 unspecified atom stereocenters. The molecule has 4 heteroatoms. The Balaban J connectivity index is 2.16. The van der Waals surface area contributed by atoms with Crippen molar-refractivity contribution in [3.8, 4) is 5.75 Å². The largest absolute Gasteiger partial charge is 0.484 e. The molecule has 102 valence electrons. The van der Waals surface area contributed by atoms with Gasteiger partial charge in [-0.25, -0.2) is 0 Å². The zero-order valence-electron chi connectivity index (χ0n) is 11.1. The van der Waals surface area contributed by atoms with Crippen molar-refractivity contribution < 1.29 is 4.74 Å². The molecule has 2 nitrogen and oxygen atoms in total. The van der Waals surface area contributed by atoms with E-state index >= 15 is 0 Å². The van der Waals surface area contributed by atoms with E-state index in [-0.39, 0.29) is 6.10 Å². The molecule has 0 saturated heterocycles. The number of hydrogen-bond donors (Lipinski definition) is 1. The van der Waals surface area contributed by atoms with Crippen LogP contribution in [0.1, 0.15) is 36.3 Å². The fraction of sp³-hybridized carbons (Fsp3) is 0.333. The van der Waals surface area contributed by atoms with Gasteiger partial charge in [0.1, 0.15) is 11.9 Å². The summed E-state index contributed by atoms with van der Waals surface area (Å²) >= 11 is 7.46.